The monoisotopic (exact) mass is 274 g/mol. The van der Waals surface area contributed by atoms with Crippen LogP contribution in [0.2, 0.25) is 0 Å². The number of amides is 1. The molecule has 1 aromatic rings. The lowest BCUT2D eigenvalue weighted by Crippen LogP contribution is -2.47. The summed E-state index contributed by atoms with van der Waals surface area (Å²) in [5.74, 6) is 0.359. The molecule has 108 valence electrons. The van der Waals surface area contributed by atoms with Gasteiger partial charge in [0.2, 0.25) is 5.91 Å². The maximum atomic E-state index is 12.8. The number of nitrogens with one attached hydrogen (secondary N) is 1. The zero-order valence-electron chi connectivity index (χ0n) is 11.9. The lowest BCUT2D eigenvalue weighted by atomic mass is 9.88. The van der Waals surface area contributed by atoms with E-state index in [0.29, 0.717) is 19.5 Å². The summed E-state index contributed by atoms with van der Waals surface area (Å²) in [7, 11) is 0. The number of benzene rings is 1. The van der Waals surface area contributed by atoms with Crippen LogP contribution in [0.15, 0.2) is 24.3 Å². The zero-order chi connectivity index (χ0) is 14.1. The highest BCUT2D eigenvalue weighted by molar-refractivity contribution is 5.86. The average molecular weight is 274 g/mol. The van der Waals surface area contributed by atoms with Crippen molar-refractivity contribution >= 4 is 11.6 Å². The van der Waals surface area contributed by atoms with Crippen molar-refractivity contribution in [1.29, 1.82) is 0 Å². The molecule has 3 rings (SSSR count). The number of nitrogens with zero attached hydrogens (tertiary/aromatic N) is 1. The summed E-state index contributed by atoms with van der Waals surface area (Å²) in [6.07, 6.45) is 1.28. The molecule has 0 aromatic heterocycles. The third-order valence-corrected chi connectivity index (χ3v) is 4.55. The number of hydrogen-bond acceptors (Lipinski definition) is 3. The number of carbonyl (C=O) groups excluding carboxylic acids is 1. The molecule has 1 fully saturated rings. The van der Waals surface area contributed by atoms with E-state index in [-0.39, 0.29) is 23.8 Å². The van der Waals surface area contributed by atoms with Gasteiger partial charge in [-0.15, -0.1) is 0 Å². The molecule has 0 radical (unpaired) electrons. The van der Waals surface area contributed by atoms with E-state index in [9.17, 15) is 9.90 Å². The molecule has 20 heavy (non-hydrogen) atoms. The molecule has 0 bridgehead atoms. The number of aliphatic hydroxyl groups is 1. The van der Waals surface area contributed by atoms with Gasteiger partial charge in [0.25, 0.3) is 0 Å². The van der Waals surface area contributed by atoms with Crippen LogP contribution >= 0.6 is 0 Å². The molecular formula is C16H22N2O2. The van der Waals surface area contributed by atoms with Crippen LogP contribution in [0.25, 0.3) is 0 Å². The summed E-state index contributed by atoms with van der Waals surface area (Å²) in [6, 6.07) is 8.08. The number of hydrogen-bond donors (Lipinski definition) is 2. The van der Waals surface area contributed by atoms with Crippen molar-refractivity contribution in [3.8, 4) is 0 Å². The summed E-state index contributed by atoms with van der Waals surface area (Å²) in [5, 5.41) is 13.2. The Morgan fingerprint density at radius 2 is 2.15 bits per heavy atom. The van der Waals surface area contributed by atoms with Crippen LogP contribution in [0, 0.1) is 5.92 Å². The molecule has 1 amide bonds. The van der Waals surface area contributed by atoms with E-state index in [4.69, 9.17) is 0 Å². The van der Waals surface area contributed by atoms with Gasteiger partial charge in [-0.1, -0.05) is 25.1 Å². The van der Waals surface area contributed by atoms with Crippen LogP contribution in [-0.2, 0) is 4.79 Å². The van der Waals surface area contributed by atoms with Gasteiger partial charge in [-0.3, -0.25) is 4.79 Å². The van der Waals surface area contributed by atoms with Gasteiger partial charge in [0, 0.05) is 25.3 Å². The molecule has 1 aromatic carbocycles. The van der Waals surface area contributed by atoms with Gasteiger partial charge >= 0.3 is 0 Å². The molecule has 2 heterocycles. The Kier molecular flexibility index (Phi) is 3.66. The number of likely N-dealkylation sites (tertiary alicyclic amines) is 1. The predicted octanol–water partition coefficient (Wildman–Crippen LogP) is 1.82. The summed E-state index contributed by atoms with van der Waals surface area (Å²) >= 11 is 0. The van der Waals surface area contributed by atoms with Gasteiger partial charge in [-0.25, -0.2) is 0 Å². The Balaban J connectivity index is 1.78. The minimum absolute atomic E-state index is 0.0325. The van der Waals surface area contributed by atoms with Crippen molar-refractivity contribution in [3.63, 3.8) is 0 Å². The first-order valence-corrected chi connectivity index (χ1v) is 7.46. The fourth-order valence-electron chi connectivity index (χ4n) is 3.28. The second-order valence-electron chi connectivity index (χ2n) is 5.97. The molecule has 2 aliphatic rings. The van der Waals surface area contributed by atoms with Crippen LogP contribution in [0.3, 0.4) is 0 Å². The molecule has 2 aliphatic heterocycles. The van der Waals surface area contributed by atoms with E-state index in [1.807, 2.05) is 36.1 Å². The molecule has 0 saturated carbocycles. The fourth-order valence-corrected chi connectivity index (χ4v) is 3.28. The first-order valence-electron chi connectivity index (χ1n) is 7.46. The zero-order valence-corrected chi connectivity index (χ0v) is 11.9. The lowest BCUT2D eigenvalue weighted by molar-refractivity contribution is -0.136. The van der Waals surface area contributed by atoms with E-state index < -0.39 is 0 Å². The van der Waals surface area contributed by atoms with Crippen LogP contribution in [0.4, 0.5) is 5.69 Å². The molecule has 3 unspecified atom stereocenters. The van der Waals surface area contributed by atoms with Crippen LogP contribution < -0.4 is 5.32 Å². The van der Waals surface area contributed by atoms with E-state index in [0.717, 1.165) is 24.2 Å². The number of para-hydroxylation sites is 1. The average Bonchev–Trinajstić information content (AvgIpc) is 2.49. The highest BCUT2D eigenvalue weighted by Crippen LogP contribution is 2.33. The first kappa shape index (κ1) is 13.4. The van der Waals surface area contributed by atoms with Gasteiger partial charge in [0.05, 0.1) is 12.0 Å². The third kappa shape index (κ3) is 2.40. The largest absolute Gasteiger partial charge is 0.393 e. The van der Waals surface area contributed by atoms with E-state index >= 15 is 0 Å². The summed E-state index contributed by atoms with van der Waals surface area (Å²) in [6.45, 7) is 4.21. The second kappa shape index (κ2) is 5.44. The SMILES string of the molecule is CC1CN(C(=O)C2CCNc3ccccc32)CCC1O. The summed E-state index contributed by atoms with van der Waals surface area (Å²) < 4.78 is 0. The molecule has 4 nitrogen and oxygen atoms in total. The van der Waals surface area contributed by atoms with Crippen molar-refractivity contribution in [2.75, 3.05) is 25.0 Å². The van der Waals surface area contributed by atoms with Crippen molar-refractivity contribution < 1.29 is 9.90 Å². The van der Waals surface area contributed by atoms with E-state index in [1.165, 1.54) is 0 Å². The standard InChI is InChI=1S/C16H22N2O2/c1-11-10-18(9-7-15(11)19)16(20)13-6-8-17-14-5-3-2-4-12(13)14/h2-5,11,13,15,17,19H,6-10H2,1H3. The van der Waals surface area contributed by atoms with Crippen molar-refractivity contribution in [1.82, 2.24) is 4.90 Å². The number of carbonyl (C=O) groups is 1. The van der Waals surface area contributed by atoms with Crippen molar-refractivity contribution in [2.45, 2.75) is 31.8 Å². The van der Waals surface area contributed by atoms with Crippen LogP contribution in [-0.4, -0.2) is 41.7 Å². The number of fused-ring (bicyclic) bond motifs is 1. The van der Waals surface area contributed by atoms with Gasteiger partial charge < -0.3 is 15.3 Å². The first-order chi connectivity index (χ1) is 9.66. The minimum Gasteiger partial charge on any atom is -0.393 e. The molecular weight excluding hydrogens is 252 g/mol. The Labute approximate surface area is 119 Å². The fraction of sp³-hybridized carbons (Fsp3) is 0.562. The molecule has 0 aliphatic carbocycles. The normalized spacial score (nSPS) is 29.5. The smallest absolute Gasteiger partial charge is 0.230 e. The van der Waals surface area contributed by atoms with Gasteiger partial charge in [0.15, 0.2) is 0 Å². The topological polar surface area (TPSA) is 52.6 Å². The maximum absolute atomic E-state index is 12.8. The third-order valence-electron chi connectivity index (χ3n) is 4.55. The van der Waals surface area contributed by atoms with E-state index in [1.54, 1.807) is 0 Å². The minimum atomic E-state index is -0.264. The Hall–Kier alpha value is -1.55. The number of piperidine rings is 1. The van der Waals surface area contributed by atoms with Gasteiger partial charge in [0.1, 0.15) is 0 Å². The Bertz CT molecular complexity index is 503. The van der Waals surface area contributed by atoms with Gasteiger partial charge in [-0.2, -0.15) is 0 Å². The van der Waals surface area contributed by atoms with Gasteiger partial charge in [-0.05, 0) is 30.4 Å². The second-order valence-corrected chi connectivity index (χ2v) is 5.97. The maximum Gasteiger partial charge on any atom is 0.230 e. The number of aliphatic hydroxyl groups excluding tert-OH is 1. The molecule has 3 atom stereocenters. The van der Waals surface area contributed by atoms with Crippen LogP contribution in [0.5, 0.6) is 0 Å². The number of rotatable bonds is 1. The molecule has 0 spiro atoms. The van der Waals surface area contributed by atoms with E-state index in [2.05, 4.69) is 5.32 Å². The Morgan fingerprint density at radius 3 is 2.95 bits per heavy atom. The summed E-state index contributed by atoms with van der Waals surface area (Å²) in [5.41, 5.74) is 2.20. The highest BCUT2D eigenvalue weighted by Gasteiger charge is 2.33. The molecule has 1 saturated heterocycles. The van der Waals surface area contributed by atoms with Crippen molar-refractivity contribution in [3.05, 3.63) is 29.8 Å². The van der Waals surface area contributed by atoms with Crippen molar-refractivity contribution in [2.24, 2.45) is 5.92 Å². The highest BCUT2D eigenvalue weighted by atomic mass is 16.3. The molecule has 2 N–H and O–H groups in total. The Morgan fingerprint density at radius 1 is 1.35 bits per heavy atom. The predicted molar refractivity (Wildman–Crippen MR) is 78.7 cm³/mol. The summed E-state index contributed by atoms with van der Waals surface area (Å²) in [4.78, 5) is 14.7. The van der Waals surface area contributed by atoms with Crippen LogP contribution in [0.1, 0.15) is 31.2 Å². The lowest BCUT2D eigenvalue weighted by Gasteiger charge is -2.37. The number of anilines is 1. The quantitative estimate of drug-likeness (QED) is 0.821. The molecule has 4 heteroatoms.